The first-order chi connectivity index (χ1) is 31.7. The summed E-state index contributed by atoms with van der Waals surface area (Å²) in [6.45, 7) is 28.9. The topological polar surface area (TPSA) is 112 Å². The third-order valence-corrected chi connectivity index (χ3v) is 25.2. The van der Waals surface area contributed by atoms with Crippen molar-refractivity contribution in [1.82, 2.24) is 0 Å². The molecule has 2 aromatic rings. The Morgan fingerprint density at radius 2 is 1.09 bits per heavy atom. The van der Waals surface area contributed by atoms with Crippen molar-refractivity contribution in [3.63, 3.8) is 0 Å². The maximum Gasteiger partial charge on any atom is 0.311 e. The van der Waals surface area contributed by atoms with E-state index >= 15 is 0 Å². The minimum atomic E-state index is -0.522. The molecule has 0 radical (unpaired) electrons. The Balaban J connectivity index is 1.01. The van der Waals surface area contributed by atoms with Gasteiger partial charge in [0.1, 0.15) is 6.10 Å². The Bertz CT molecular complexity index is 2530. The summed E-state index contributed by atoms with van der Waals surface area (Å²) in [5.41, 5.74) is 5.62. The van der Waals surface area contributed by atoms with Crippen LogP contribution in [0.4, 0.5) is 0 Å². The van der Waals surface area contributed by atoms with Crippen molar-refractivity contribution in [2.24, 2.45) is 67.0 Å². The van der Waals surface area contributed by atoms with E-state index in [0.717, 1.165) is 113 Å². The zero-order valence-corrected chi connectivity index (χ0v) is 44.3. The fourth-order valence-electron chi connectivity index (χ4n) is 20.4. The Labute approximate surface area is 407 Å². The molecule has 16 atom stereocenters. The van der Waals surface area contributed by atoms with Gasteiger partial charge in [-0.1, -0.05) is 55.4 Å². The molecule has 1 heterocycles. The van der Waals surface area contributed by atoms with Crippen LogP contribution in [-0.2, 0) is 36.3 Å². The molecule has 1 aliphatic heterocycles. The molecule has 8 heteroatoms. The second-order valence-electron chi connectivity index (χ2n) is 27.8. The van der Waals surface area contributed by atoms with Crippen molar-refractivity contribution in [3.8, 4) is 23.0 Å². The van der Waals surface area contributed by atoms with Gasteiger partial charge in [-0.3, -0.25) is 9.59 Å². The molecule has 2 N–H and O–H groups in total. The predicted octanol–water partition coefficient (Wildman–Crippen LogP) is 13.5. The van der Waals surface area contributed by atoms with Crippen LogP contribution in [0.5, 0.6) is 23.0 Å². The molecule has 6 saturated carbocycles. The lowest BCUT2D eigenvalue weighted by Crippen LogP contribution is -2.69. The van der Waals surface area contributed by atoms with Crippen molar-refractivity contribution < 1.29 is 38.7 Å². The summed E-state index contributed by atoms with van der Waals surface area (Å²) < 4.78 is 26.4. The van der Waals surface area contributed by atoms with Gasteiger partial charge in [0, 0.05) is 22.5 Å². The summed E-state index contributed by atoms with van der Waals surface area (Å²) in [7, 11) is 3.11. The van der Waals surface area contributed by atoms with Gasteiger partial charge in [-0.25, -0.2) is 0 Å². The zero-order valence-electron chi connectivity index (χ0n) is 44.3. The van der Waals surface area contributed by atoms with Crippen molar-refractivity contribution in [2.75, 3.05) is 14.2 Å². The summed E-state index contributed by atoms with van der Waals surface area (Å²) in [6, 6.07) is 4.26. The first kappa shape index (κ1) is 46.9. The van der Waals surface area contributed by atoms with Crippen LogP contribution in [-0.4, -0.2) is 42.5 Å². The highest BCUT2D eigenvalue weighted by atomic mass is 16.6. The molecule has 6 fully saturated rings. The summed E-state index contributed by atoms with van der Waals surface area (Å²) in [5.74, 6) is 2.69. The lowest BCUT2D eigenvalue weighted by atomic mass is 9.32. The van der Waals surface area contributed by atoms with E-state index in [1.54, 1.807) is 14.2 Å². The molecule has 372 valence electrons. The van der Waals surface area contributed by atoms with Gasteiger partial charge >= 0.3 is 11.9 Å². The van der Waals surface area contributed by atoms with Gasteiger partial charge in [-0.05, 0) is 220 Å². The van der Waals surface area contributed by atoms with Crippen molar-refractivity contribution in [3.05, 3.63) is 45.5 Å². The molecule has 0 aromatic heterocycles. The van der Waals surface area contributed by atoms with Gasteiger partial charge in [0.2, 0.25) is 0 Å². The van der Waals surface area contributed by atoms with Gasteiger partial charge in [0.05, 0.1) is 25.0 Å². The smallest absolute Gasteiger partial charge is 0.311 e. The quantitative estimate of drug-likeness (QED) is 0.226. The average molecular weight is 933 g/mol. The van der Waals surface area contributed by atoms with Crippen molar-refractivity contribution >= 4 is 11.9 Å². The van der Waals surface area contributed by atoms with E-state index < -0.39 is 16.9 Å². The first-order valence-electron chi connectivity index (χ1n) is 26.9. The number of carbonyl (C=O) groups excluding carboxylic acids is 2. The molecule has 8 aliphatic carbocycles. The van der Waals surface area contributed by atoms with E-state index in [1.807, 2.05) is 13.0 Å². The Morgan fingerprint density at radius 1 is 0.588 bits per heavy atom. The van der Waals surface area contributed by atoms with Crippen LogP contribution in [0.1, 0.15) is 205 Å². The summed E-state index contributed by atoms with van der Waals surface area (Å²) in [6.07, 6.45) is 15.6. The van der Waals surface area contributed by atoms with Crippen molar-refractivity contribution in [1.29, 1.82) is 0 Å². The highest BCUT2D eigenvalue weighted by Gasteiger charge is 2.73. The number of hydrogen-bond acceptors (Lipinski definition) is 8. The van der Waals surface area contributed by atoms with Gasteiger partial charge in [-0.15, -0.1) is 0 Å². The molecule has 9 aliphatic rings. The number of esters is 2. The highest BCUT2D eigenvalue weighted by molar-refractivity contribution is 5.77. The van der Waals surface area contributed by atoms with Crippen molar-refractivity contribution in [2.45, 2.75) is 209 Å². The molecule has 68 heavy (non-hydrogen) atoms. The zero-order chi connectivity index (χ0) is 48.9. The minimum Gasteiger partial charge on any atom is -0.504 e. The van der Waals surface area contributed by atoms with Crippen LogP contribution in [0.15, 0.2) is 12.1 Å². The van der Waals surface area contributed by atoms with Crippen LogP contribution < -0.4 is 9.47 Å². The van der Waals surface area contributed by atoms with E-state index in [9.17, 15) is 19.8 Å². The molecule has 8 nitrogen and oxygen atoms in total. The molecule has 11 rings (SSSR count). The number of ether oxygens (including phenoxy) is 4. The summed E-state index contributed by atoms with van der Waals surface area (Å²) in [4.78, 5) is 26.9. The lowest BCUT2D eigenvalue weighted by Gasteiger charge is -2.73. The molecule has 0 spiro atoms. The predicted molar refractivity (Wildman–Crippen MR) is 264 cm³/mol. The SMILES string of the molecule is COC(=O)[C@]1(C)CC[C@]2(C)CC[C@]3(C)[C@H]4CCc5c(cc6c(c5C)O[C@@H]5[C@H](O6)c6c(cc(O)c(O)c6C)[C@]6(C)CC[C@@]7(C)[C@@H]8C[C@](C)(C(=O)OC)CC[C@]8(C)CC[C@]7(C)[C@@H]56)[C@]4(C)CC[C@@]3(C)[C@@H]2C1. The molecule has 0 unspecified atom stereocenters. The number of fused-ring (bicyclic) bond motifs is 18. The third-order valence-electron chi connectivity index (χ3n) is 25.2. The van der Waals surface area contributed by atoms with Gasteiger partial charge in [0.25, 0.3) is 0 Å². The number of methoxy groups -OCH3 is 2. The van der Waals surface area contributed by atoms with Gasteiger partial charge in [0.15, 0.2) is 29.1 Å². The van der Waals surface area contributed by atoms with Crippen LogP contribution in [0, 0.1) is 80.8 Å². The van der Waals surface area contributed by atoms with E-state index in [2.05, 4.69) is 82.2 Å². The Kier molecular flexibility index (Phi) is 9.78. The molecule has 0 amide bonds. The van der Waals surface area contributed by atoms with Gasteiger partial charge in [-0.2, -0.15) is 0 Å². The van der Waals surface area contributed by atoms with E-state index in [0.29, 0.717) is 23.3 Å². The molecular formula is C60H84O8. The molecule has 2 aromatic carbocycles. The number of phenolic OH excluding ortho intramolecular Hbond substituents is 2. The van der Waals surface area contributed by atoms with Crippen LogP contribution in [0.25, 0.3) is 0 Å². The summed E-state index contributed by atoms with van der Waals surface area (Å²) in [5, 5.41) is 23.0. The largest absolute Gasteiger partial charge is 0.504 e. The maximum atomic E-state index is 13.5. The highest BCUT2D eigenvalue weighted by Crippen LogP contribution is 2.79. The van der Waals surface area contributed by atoms with Gasteiger partial charge < -0.3 is 29.2 Å². The Hall–Kier alpha value is -3.42. The normalized spacial score (nSPS) is 48.3. The fourth-order valence-corrected chi connectivity index (χ4v) is 20.4. The molecule has 0 saturated heterocycles. The minimum absolute atomic E-state index is 0.0321. The number of rotatable bonds is 2. The first-order valence-corrected chi connectivity index (χ1v) is 26.9. The third kappa shape index (κ3) is 5.51. The monoisotopic (exact) mass is 933 g/mol. The number of aromatic hydroxyl groups is 2. The lowest BCUT2D eigenvalue weighted by molar-refractivity contribution is -0.238. The molecule has 0 bridgehead atoms. The van der Waals surface area contributed by atoms with E-state index in [4.69, 9.17) is 18.9 Å². The number of phenols is 2. The van der Waals surface area contributed by atoms with E-state index in [1.165, 1.54) is 29.5 Å². The second-order valence-corrected chi connectivity index (χ2v) is 27.8. The maximum absolute atomic E-state index is 13.5. The number of hydrogen-bond donors (Lipinski definition) is 2. The van der Waals surface area contributed by atoms with E-state index in [-0.39, 0.29) is 78.8 Å². The second kappa shape index (κ2) is 14.2. The van der Waals surface area contributed by atoms with Crippen LogP contribution in [0.3, 0.4) is 0 Å². The summed E-state index contributed by atoms with van der Waals surface area (Å²) >= 11 is 0. The average Bonchev–Trinajstić information content (AvgIpc) is 3.30. The number of benzene rings is 2. The van der Waals surface area contributed by atoms with Crippen LogP contribution in [0.2, 0.25) is 0 Å². The Morgan fingerprint density at radius 3 is 1.66 bits per heavy atom. The number of carbonyl (C=O) groups is 2. The standard InChI is InChI=1S/C60H84O8/c1-33-35-15-16-40-55(7,23-27-58(10)41-31-53(5,49(63)65-13)19-17-51(41,3)21-25-57(40,58)9)36(35)30-39-45(33)68-47-46(67-39)43-34(2)44(62)38(61)29-37(43)56(8)24-28-59(11)42-32-54(6,50(64)66-14)20-18-52(42,4)22-26-60(59,12)48(47)56/h29-30,40-42,46-48,61-62H,15-28,31-32H2,1-14H3/t40-,41+,42+,46+,47+,48-,51+,52+,53+,54+,55-,56-,57+,58-,59-,60+/m0/s1. The molecular weight excluding hydrogens is 849 g/mol. The fraction of sp³-hybridized carbons (Fsp3) is 0.767. The van der Waals surface area contributed by atoms with Crippen LogP contribution >= 0.6 is 0 Å².